The molecule has 27 heavy (non-hydrogen) atoms. The van der Waals surface area contributed by atoms with Crippen LogP contribution in [0.5, 0.6) is 5.75 Å². The molecule has 1 aromatic heterocycles. The van der Waals surface area contributed by atoms with E-state index in [2.05, 4.69) is 10.3 Å². The smallest absolute Gasteiger partial charge is 0.262 e. The number of benzene rings is 3. The van der Waals surface area contributed by atoms with Gasteiger partial charge in [-0.2, -0.15) is 0 Å². The number of fused-ring (bicyclic) bond motifs is 1. The number of carbonyl (C=O) groups is 1. The van der Waals surface area contributed by atoms with Crippen LogP contribution < -0.4 is 10.1 Å². The largest absolute Gasteiger partial charge is 0.484 e. The number of nitrogens with zero attached hydrogens (tertiary/aromatic N) is 2. The number of rotatable bonds is 6. The quantitative estimate of drug-likeness (QED) is 0.565. The SMILES string of the molecule is O=C(COc1ccc2ccccc2c1)Nc1cccc(Cn2ccnc2)c1. The Labute approximate surface area is 157 Å². The van der Waals surface area contributed by atoms with Crippen LogP contribution in [0.25, 0.3) is 10.8 Å². The molecule has 0 unspecified atom stereocenters. The van der Waals surface area contributed by atoms with Crippen molar-refractivity contribution in [2.24, 2.45) is 0 Å². The molecule has 0 atom stereocenters. The van der Waals surface area contributed by atoms with E-state index in [9.17, 15) is 4.79 Å². The lowest BCUT2D eigenvalue weighted by Gasteiger charge is -2.10. The molecule has 5 heteroatoms. The van der Waals surface area contributed by atoms with Gasteiger partial charge in [-0.1, -0.05) is 42.5 Å². The molecular weight excluding hydrogens is 338 g/mol. The van der Waals surface area contributed by atoms with E-state index in [4.69, 9.17) is 4.74 Å². The maximum Gasteiger partial charge on any atom is 0.262 e. The Morgan fingerprint density at radius 2 is 1.89 bits per heavy atom. The molecule has 0 radical (unpaired) electrons. The van der Waals surface area contributed by atoms with Gasteiger partial charge in [-0.15, -0.1) is 0 Å². The average Bonchev–Trinajstić information content (AvgIpc) is 3.19. The molecular formula is C22H19N3O2. The van der Waals surface area contributed by atoms with Crippen LogP contribution in [0.1, 0.15) is 5.56 Å². The maximum atomic E-state index is 12.2. The Kier molecular flexibility index (Phi) is 4.83. The fraction of sp³-hybridized carbons (Fsp3) is 0.0909. The van der Waals surface area contributed by atoms with Gasteiger partial charge in [-0.05, 0) is 40.6 Å². The Bertz CT molecular complexity index is 1060. The van der Waals surface area contributed by atoms with E-state index < -0.39 is 0 Å². The second-order valence-corrected chi connectivity index (χ2v) is 6.28. The normalized spacial score (nSPS) is 10.7. The third-order valence-corrected chi connectivity index (χ3v) is 4.23. The molecule has 0 aliphatic rings. The Hall–Kier alpha value is -3.60. The fourth-order valence-electron chi connectivity index (χ4n) is 2.94. The summed E-state index contributed by atoms with van der Waals surface area (Å²) < 4.78 is 7.62. The summed E-state index contributed by atoms with van der Waals surface area (Å²) >= 11 is 0. The van der Waals surface area contributed by atoms with Crippen molar-refractivity contribution in [2.75, 3.05) is 11.9 Å². The topological polar surface area (TPSA) is 56.1 Å². The predicted molar refractivity (Wildman–Crippen MR) is 106 cm³/mol. The number of hydrogen-bond acceptors (Lipinski definition) is 3. The summed E-state index contributed by atoms with van der Waals surface area (Å²) in [7, 11) is 0. The molecule has 3 aromatic carbocycles. The van der Waals surface area contributed by atoms with E-state index in [0.717, 1.165) is 22.0 Å². The number of aromatic nitrogens is 2. The lowest BCUT2D eigenvalue weighted by molar-refractivity contribution is -0.118. The van der Waals surface area contributed by atoms with E-state index in [1.165, 1.54) is 0 Å². The number of carbonyl (C=O) groups excluding carboxylic acids is 1. The zero-order valence-corrected chi connectivity index (χ0v) is 14.7. The molecule has 4 rings (SSSR count). The second kappa shape index (κ2) is 7.74. The standard InChI is InChI=1S/C22H19N3O2/c26-22(15-27-21-9-8-18-5-1-2-6-19(18)13-21)24-20-7-3-4-17(12-20)14-25-11-10-23-16-25/h1-13,16H,14-15H2,(H,24,26). The van der Waals surface area contributed by atoms with Gasteiger partial charge in [0.25, 0.3) is 5.91 Å². The molecule has 0 aliphatic heterocycles. The van der Waals surface area contributed by atoms with Gasteiger partial charge in [-0.3, -0.25) is 4.79 Å². The van der Waals surface area contributed by atoms with E-state index in [1.807, 2.05) is 77.5 Å². The van der Waals surface area contributed by atoms with Gasteiger partial charge >= 0.3 is 0 Å². The van der Waals surface area contributed by atoms with Crippen molar-refractivity contribution >= 4 is 22.4 Å². The first-order valence-electron chi connectivity index (χ1n) is 8.72. The van der Waals surface area contributed by atoms with Crippen LogP contribution in [-0.2, 0) is 11.3 Å². The lowest BCUT2D eigenvalue weighted by atomic mass is 10.1. The predicted octanol–water partition coefficient (Wildman–Crippen LogP) is 4.10. The van der Waals surface area contributed by atoms with Gasteiger partial charge in [-0.25, -0.2) is 4.98 Å². The summed E-state index contributed by atoms with van der Waals surface area (Å²) in [4.78, 5) is 16.3. The molecule has 4 aromatic rings. The molecule has 0 saturated heterocycles. The van der Waals surface area contributed by atoms with Crippen LogP contribution >= 0.6 is 0 Å². The molecule has 0 saturated carbocycles. The number of nitrogens with one attached hydrogen (secondary N) is 1. The van der Waals surface area contributed by atoms with Crippen molar-refractivity contribution in [3.8, 4) is 5.75 Å². The van der Waals surface area contributed by atoms with Crippen molar-refractivity contribution in [1.82, 2.24) is 9.55 Å². The minimum Gasteiger partial charge on any atom is -0.484 e. The first-order valence-corrected chi connectivity index (χ1v) is 8.72. The highest BCUT2D eigenvalue weighted by molar-refractivity contribution is 5.92. The van der Waals surface area contributed by atoms with Crippen molar-refractivity contribution in [1.29, 1.82) is 0 Å². The molecule has 5 nitrogen and oxygen atoms in total. The van der Waals surface area contributed by atoms with Gasteiger partial charge in [0, 0.05) is 24.6 Å². The second-order valence-electron chi connectivity index (χ2n) is 6.28. The van der Waals surface area contributed by atoms with Crippen LogP contribution in [0, 0.1) is 0 Å². The summed E-state index contributed by atoms with van der Waals surface area (Å²) in [6.45, 7) is 0.668. The minimum absolute atomic E-state index is 0.0376. The molecule has 1 N–H and O–H groups in total. The van der Waals surface area contributed by atoms with Crippen LogP contribution in [0.2, 0.25) is 0 Å². The lowest BCUT2D eigenvalue weighted by Crippen LogP contribution is -2.20. The molecule has 1 amide bonds. The molecule has 0 fully saturated rings. The van der Waals surface area contributed by atoms with Crippen molar-refractivity contribution < 1.29 is 9.53 Å². The number of amides is 1. The summed E-state index contributed by atoms with van der Waals surface area (Å²) in [5.74, 6) is 0.487. The summed E-state index contributed by atoms with van der Waals surface area (Å²) in [5.41, 5.74) is 1.83. The highest BCUT2D eigenvalue weighted by atomic mass is 16.5. The first-order chi connectivity index (χ1) is 13.3. The van der Waals surface area contributed by atoms with Crippen molar-refractivity contribution in [3.63, 3.8) is 0 Å². The van der Waals surface area contributed by atoms with E-state index >= 15 is 0 Å². The van der Waals surface area contributed by atoms with Gasteiger partial charge in [0.15, 0.2) is 6.61 Å². The zero-order valence-electron chi connectivity index (χ0n) is 14.7. The van der Waals surface area contributed by atoms with Gasteiger partial charge in [0.2, 0.25) is 0 Å². The summed E-state index contributed by atoms with van der Waals surface area (Å²) in [6, 6.07) is 21.6. The van der Waals surface area contributed by atoms with E-state index in [-0.39, 0.29) is 12.5 Å². The first kappa shape index (κ1) is 16.8. The maximum absolute atomic E-state index is 12.2. The van der Waals surface area contributed by atoms with Crippen LogP contribution in [0.15, 0.2) is 85.5 Å². The average molecular weight is 357 g/mol. The number of anilines is 1. The molecule has 134 valence electrons. The van der Waals surface area contributed by atoms with Crippen LogP contribution in [0.3, 0.4) is 0 Å². The monoisotopic (exact) mass is 357 g/mol. The third-order valence-electron chi connectivity index (χ3n) is 4.23. The van der Waals surface area contributed by atoms with Crippen molar-refractivity contribution in [3.05, 3.63) is 91.0 Å². The fourth-order valence-corrected chi connectivity index (χ4v) is 2.94. The summed E-state index contributed by atoms with van der Waals surface area (Å²) in [6.07, 6.45) is 5.42. The highest BCUT2D eigenvalue weighted by Crippen LogP contribution is 2.20. The Balaban J connectivity index is 1.36. The van der Waals surface area contributed by atoms with Gasteiger partial charge < -0.3 is 14.6 Å². The Morgan fingerprint density at radius 1 is 1.00 bits per heavy atom. The molecule has 1 heterocycles. The highest BCUT2D eigenvalue weighted by Gasteiger charge is 2.05. The molecule has 0 spiro atoms. The molecule has 0 aliphatic carbocycles. The van der Waals surface area contributed by atoms with E-state index in [1.54, 1.807) is 12.5 Å². The summed E-state index contributed by atoms with van der Waals surface area (Å²) in [5, 5.41) is 5.11. The number of ether oxygens (including phenoxy) is 1. The molecule has 0 bridgehead atoms. The Morgan fingerprint density at radius 3 is 2.74 bits per heavy atom. The van der Waals surface area contributed by atoms with E-state index in [0.29, 0.717) is 12.3 Å². The van der Waals surface area contributed by atoms with Gasteiger partial charge in [0.05, 0.1) is 6.33 Å². The van der Waals surface area contributed by atoms with Crippen LogP contribution in [0.4, 0.5) is 5.69 Å². The number of imidazole rings is 1. The zero-order chi connectivity index (χ0) is 18.5. The third kappa shape index (κ3) is 4.33. The number of hydrogen-bond donors (Lipinski definition) is 1. The van der Waals surface area contributed by atoms with Gasteiger partial charge in [0.1, 0.15) is 5.75 Å². The van der Waals surface area contributed by atoms with Crippen molar-refractivity contribution in [2.45, 2.75) is 6.54 Å². The van der Waals surface area contributed by atoms with Crippen LogP contribution in [-0.4, -0.2) is 22.1 Å². The minimum atomic E-state index is -0.192.